The van der Waals surface area contributed by atoms with Gasteiger partial charge in [0.25, 0.3) is 5.91 Å². The van der Waals surface area contributed by atoms with Crippen LogP contribution in [0.5, 0.6) is 0 Å². The van der Waals surface area contributed by atoms with E-state index in [4.69, 9.17) is 36.8 Å². The number of nitrogens with two attached hydrogens (primary N) is 1. The topological polar surface area (TPSA) is 293 Å². The van der Waals surface area contributed by atoms with Crippen molar-refractivity contribution in [3.05, 3.63) is 290 Å². The maximum Gasteiger partial charge on any atom is 0.335 e. The number of H-pyrrole nitrogens is 1. The molecule has 16 nitrogen and oxygen atoms in total. The number of carbonyl (C=O) groups excluding carboxylic acids is 3. The Morgan fingerprint density at radius 1 is 0.537 bits per heavy atom. The van der Waals surface area contributed by atoms with Gasteiger partial charge in [0.15, 0.2) is 11.6 Å². The minimum Gasteiger partial charge on any atom is -0.478 e. The number of ketones is 2. The lowest BCUT2D eigenvalue weighted by Gasteiger charge is -2.17. The highest BCUT2D eigenvalue weighted by Gasteiger charge is 2.18. The van der Waals surface area contributed by atoms with Crippen molar-refractivity contribution in [2.24, 2.45) is 10.9 Å². The van der Waals surface area contributed by atoms with Gasteiger partial charge in [0.05, 0.1) is 49.2 Å². The molecular weight excluding hydrogens is 1260 g/mol. The molecule has 0 fully saturated rings. The number of aryl methyl sites for hydroxylation is 1. The molecule has 1 aromatic heterocycles. The number of nitrogens with one attached hydrogen (secondary N) is 3. The smallest absolute Gasteiger partial charge is 0.335 e. The maximum absolute atomic E-state index is 13.5. The van der Waals surface area contributed by atoms with Gasteiger partial charge in [-0.1, -0.05) is 47.6 Å². The van der Waals surface area contributed by atoms with Crippen LogP contribution >= 0.6 is 0 Å². The first-order valence-electron chi connectivity index (χ1n) is 27.7. The number of aliphatic hydroxyl groups excluding tert-OH is 4. The first kappa shape index (κ1) is 74.7. The van der Waals surface area contributed by atoms with Crippen LogP contribution in [0.4, 0.5) is 43.9 Å². The van der Waals surface area contributed by atoms with E-state index in [0.29, 0.717) is 17.7 Å². The van der Waals surface area contributed by atoms with Gasteiger partial charge in [-0.05, 0) is 161 Å². The number of benzene rings is 9. The molecule has 10 rings (SSSR count). The van der Waals surface area contributed by atoms with Crippen LogP contribution in [0.15, 0.2) is 187 Å². The first-order valence-corrected chi connectivity index (χ1v) is 27.7. The predicted molar refractivity (Wildman–Crippen MR) is 333 cm³/mol. The lowest BCUT2D eigenvalue weighted by Crippen LogP contribution is -2.31. The van der Waals surface area contributed by atoms with E-state index in [1.807, 2.05) is 55.5 Å². The molecule has 0 aliphatic carbocycles. The number of hydrogen-bond donors (Lipinski definition) is 10. The normalized spacial score (nSPS) is 11.2. The SMILES string of the molecule is CC(=O)c1cc(F)cc(F)c1.Cc1ccc(-c2cccc(C(=O)O)c2)cc1C=N.NC(CO)c1cc(F)cc(F)c1.O=C(CO)c1cc(F)cc(F)c1.O=C(NC(CO)c1cc(F)cc(F)c1)c1cccc(-c2ccc3[nH]ncc3c2)c1.OC/C(=N\O)c1cc(F)cc(F)c1. The summed E-state index contributed by atoms with van der Waals surface area (Å²) in [6.07, 6.45) is 3.03. The van der Waals surface area contributed by atoms with E-state index in [-0.39, 0.29) is 51.5 Å². The van der Waals surface area contributed by atoms with Crippen molar-refractivity contribution in [2.45, 2.75) is 25.9 Å². The van der Waals surface area contributed by atoms with E-state index >= 15 is 0 Å². The summed E-state index contributed by atoms with van der Waals surface area (Å²) in [6.45, 7) is 1.04. The largest absolute Gasteiger partial charge is 0.478 e. The van der Waals surface area contributed by atoms with E-state index in [2.05, 4.69) is 20.7 Å². The van der Waals surface area contributed by atoms with Gasteiger partial charge in [-0.2, -0.15) is 5.10 Å². The molecule has 0 spiro atoms. The number of rotatable bonds is 15. The lowest BCUT2D eigenvalue weighted by atomic mass is 9.99. The standard InChI is InChI=1S/C22H17F2N3O2.C15H13NO2.C8H7F2NO2.C8H9F2NO.C8H6F2O2.C8H6F2O/c23-18-8-16(9-19(24)10-18)21(12-28)26-22(29)15-3-1-2-13(6-15)14-4-5-20-17(7-14)11-25-27-20;1-10-5-6-12(8-14(10)9-16)11-3-2-4-13(7-11)15(17)18;9-6-1-5(2-7(10)3-6)8(4-12)11-13;9-6-1-5(8(11)4-12)2-7(10)3-6;9-6-1-5(8(12)4-11)2-7(10)3-6;1-5(11)6-2-7(9)4-8(10)3-6/h1-11,21,28H,12H2,(H,25,27)(H,26,29);2-9,16H,1H3,(H,17,18);1-3,12-13H,4H2;1-3,8,12H,4,11H2;1-3,11H,4H2;2-4H,1H3/b;;11-8+;;;. The molecule has 0 saturated heterocycles. The fourth-order valence-electron chi connectivity index (χ4n) is 8.38. The summed E-state index contributed by atoms with van der Waals surface area (Å²) in [5.41, 5.74) is 12.4. The zero-order valence-corrected chi connectivity index (χ0v) is 49.9. The van der Waals surface area contributed by atoms with Crippen LogP contribution in [0.2, 0.25) is 0 Å². The average molecular weight is 1320 g/mol. The molecule has 0 saturated carbocycles. The van der Waals surface area contributed by atoms with Crippen molar-refractivity contribution in [1.29, 1.82) is 5.41 Å². The highest BCUT2D eigenvalue weighted by molar-refractivity contribution is 6.01. The number of Topliss-reactive ketones (excluding diaryl/α,β-unsaturated/α-hetero) is 2. The molecule has 1 heterocycles. The fraction of sp³-hybridized carbons (Fsp3) is 0.116. The Morgan fingerprint density at radius 2 is 0.979 bits per heavy atom. The van der Waals surface area contributed by atoms with Crippen molar-refractivity contribution in [3.63, 3.8) is 0 Å². The third-order valence-electron chi connectivity index (χ3n) is 13.1. The van der Waals surface area contributed by atoms with E-state index in [9.17, 15) is 68.2 Å². The van der Waals surface area contributed by atoms with Gasteiger partial charge >= 0.3 is 5.97 Å². The summed E-state index contributed by atoms with van der Waals surface area (Å²) in [4.78, 5) is 45.0. The van der Waals surface area contributed by atoms with Gasteiger partial charge in [-0.3, -0.25) is 19.5 Å². The van der Waals surface area contributed by atoms with Crippen LogP contribution in [-0.2, 0) is 0 Å². The number of aromatic nitrogens is 2. The van der Waals surface area contributed by atoms with Crippen molar-refractivity contribution < 1.29 is 93.8 Å². The zero-order valence-electron chi connectivity index (χ0n) is 49.9. The van der Waals surface area contributed by atoms with E-state index < -0.39 is 108 Å². The lowest BCUT2D eigenvalue weighted by molar-refractivity contribution is 0.0696. The van der Waals surface area contributed by atoms with Crippen LogP contribution in [0.1, 0.15) is 88.3 Å². The Morgan fingerprint density at radius 3 is 1.43 bits per heavy atom. The molecule has 0 bridgehead atoms. The van der Waals surface area contributed by atoms with Crippen LogP contribution in [-0.4, -0.2) is 103 Å². The molecule has 0 aliphatic rings. The van der Waals surface area contributed by atoms with E-state index in [1.165, 1.54) is 13.1 Å². The van der Waals surface area contributed by atoms with Gasteiger partial charge in [0.2, 0.25) is 0 Å². The summed E-state index contributed by atoms with van der Waals surface area (Å²) in [6, 6.07) is 37.3. The minimum atomic E-state index is -0.934. The number of hydrogen-bond acceptors (Lipinski definition) is 13. The van der Waals surface area contributed by atoms with E-state index in [0.717, 1.165) is 123 Å². The number of fused-ring (bicyclic) bond motifs is 1. The fourth-order valence-corrected chi connectivity index (χ4v) is 8.38. The number of amides is 1. The Kier molecular flexibility index (Phi) is 28.5. The molecule has 26 heteroatoms. The van der Waals surface area contributed by atoms with Crippen molar-refractivity contribution >= 4 is 46.3 Å². The molecule has 11 N–H and O–H groups in total. The van der Waals surface area contributed by atoms with Crippen LogP contribution in [0, 0.1) is 70.5 Å². The molecule has 2 unspecified atom stereocenters. The Labute approximate surface area is 535 Å². The minimum absolute atomic E-state index is 0.0162. The van der Waals surface area contributed by atoms with Gasteiger partial charge in [-0.15, -0.1) is 0 Å². The quantitative estimate of drug-likeness (QED) is 0.0151. The number of aromatic carboxylic acids is 1. The third-order valence-corrected chi connectivity index (χ3v) is 13.1. The number of aliphatic hydroxyl groups is 4. The van der Waals surface area contributed by atoms with Crippen LogP contribution in [0.25, 0.3) is 33.2 Å². The molecule has 0 aliphatic heterocycles. The zero-order chi connectivity index (χ0) is 70.1. The molecule has 0 radical (unpaired) electrons. The van der Waals surface area contributed by atoms with Crippen molar-refractivity contribution in [2.75, 3.05) is 26.4 Å². The number of carboxylic acids is 1. The van der Waals surface area contributed by atoms with Gasteiger partial charge in [-0.25, -0.2) is 48.7 Å². The monoisotopic (exact) mass is 1320 g/mol. The number of nitrogens with zero attached hydrogens (tertiary/aromatic N) is 2. The second-order valence-electron chi connectivity index (χ2n) is 20.1. The summed E-state index contributed by atoms with van der Waals surface area (Å²) in [5, 5.41) is 73.0. The maximum atomic E-state index is 13.5. The first-order chi connectivity index (χ1) is 45.2. The van der Waals surface area contributed by atoms with E-state index in [1.54, 1.807) is 42.6 Å². The van der Waals surface area contributed by atoms with Gasteiger partial charge in [0.1, 0.15) is 70.5 Å². The van der Waals surface area contributed by atoms with Crippen LogP contribution in [0.3, 0.4) is 0 Å². The Balaban J connectivity index is 0.000000216. The van der Waals surface area contributed by atoms with Crippen molar-refractivity contribution in [1.82, 2.24) is 15.5 Å². The number of oxime groups is 1. The molecule has 1 amide bonds. The number of carboxylic acid groups (broad SMARTS) is 1. The number of halogens is 10. The Bertz CT molecular complexity index is 4260. The molecule has 2 atom stereocenters. The summed E-state index contributed by atoms with van der Waals surface area (Å²) < 4.78 is 127. The summed E-state index contributed by atoms with van der Waals surface area (Å²) in [5.74, 6) is -10.0. The molecular formula is C69H58F10N6O10. The van der Waals surface area contributed by atoms with Crippen LogP contribution < -0.4 is 11.1 Å². The second kappa shape index (κ2) is 36.3. The molecule has 95 heavy (non-hydrogen) atoms. The average Bonchev–Trinajstić information content (AvgIpc) is 1.84. The van der Waals surface area contributed by atoms with Gasteiger partial charge in [0, 0.05) is 64.2 Å². The highest BCUT2D eigenvalue weighted by atomic mass is 19.2. The van der Waals surface area contributed by atoms with Crippen molar-refractivity contribution in [3.8, 4) is 22.3 Å². The number of carbonyl (C=O) groups is 4. The second-order valence-corrected chi connectivity index (χ2v) is 20.1. The summed E-state index contributed by atoms with van der Waals surface area (Å²) >= 11 is 0. The predicted octanol–water partition coefficient (Wildman–Crippen LogP) is 12.7. The Hall–Kier alpha value is -11.0. The molecule has 10 aromatic rings. The summed E-state index contributed by atoms with van der Waals surface area (Å²) in [7, 11) is 0. The highest BCUT2D eigenvalue weighted by Crippen LogP contribution is 2.27. The van der Waals surface area contributed by atoms with Gasteiger partial charge < -0.3 is 47.2 Å². The third kappa shape index (κ3) is 23.2. The molecule has 494 valence electrons. The molecule has 9 aromatic carbocycles. The number of aromatic amines is 1.